The summed E-state index contributed by atoms with van der Waals surface area (Å²) in [5, 5.41) is 4.05. The van der Waals surface area contributed by atoms with E-state index < -0.39 is 8.32 Å². The molecule has 1 aromatic carbocycles. The van der Waals surface area contributed by atoms with E-state index in [4.69, 9.17) is 10.2 Å². The van der Waals surface area contributed by atoms with Crippen molar-refractivity contribution in [1.82, 2.24) is 10.3 Å². The van der Waals surface area contributed by atoms with Crippen LogP contribution in [0.2, 0.25) is 18.1 Å². The van der Waals surface area contributed by atoms with Crippen LogP contribution in [-0.2, 0) is 10.8 Å². The number of pyridine rings is 1. The highest BCUT2D eigenvalue weighted by Gasteiger charge is 2.42. The van der Waals surface area contributed by atoms with Crippen molar-refractivity contribution in [2.75, 3.05) is 5.73 Å². The molecule has 28 heavy (non-hydrogen) atoms. The summed E-state index contributed by atoms with van der Waals surface area (Å²) in [5.41, 5.74) is 8.22. The molecule has 1 saturated heterocycles. The molecular formula is C23H35N3OSi. The van der Waals surface area contributed by atoms with Gasteiger partial charge in [0.25, 0.3) is 0 Å². The Hall–Kier alpha value is -1.69. The quantitative estimate of drug-likeness (QED) is 0.667. The third kappa shape index (κ3) is 5.02. The van der Waals surface area contributed by atoms with Crippen LogP contribution in [0.1, 0.15) is 50.8 Å². The lowest BCUT2D eigenvalue weighted by Crippen LogP contribution is -2.46. The summed E-state index contributed by atoms with van der Waals surface area (Å²) in [6.07, 6.45) is 5.24. The molecule has 3 rings (SSSR count). The Labute approximate surface area is 171 Å². The van der Waals surface area contributed by atoms with Gasteiger partial charge >= 0.3 is 0 Å². The zero-order chi connectivity index (χ0) is 20.4. The van der Waals surface area contributed by atoms with E-state index in [0.717, 1.165) is 19.3 Å². The summed E-state index contributed by atoms with van der Waals surface area (Å²) in [7, 11) is -1.88. The molecule has 0 amide bonds. The Morgan fingerprint density at radius 2 is 1.86 bits per heavy atom. The summed E-state index contributed by atoms with van der Waals surface area (Å²) < 4.78 is 6.93. The molecule has 2 aromatic rings. The van der Waals surface area contributed by atoms with E-state index in [1.807, 2.05) is 12.3 Å². The summed E-state index contributed by atoms with van der Waals surface area (Å²) in [6, 6.07) is 15.5. The number of hydrogen-bond acceptors (Lipinski definition) is 4. The molecule has 0 spiro atoms. The molecule has 5 heteroatoms. The monoisotopic (exact) mass is 397 g/mol. The Bertz CT molecular complexity index is 756. The maximum absolute atomic E-state index is 6.93. The Morgan fingerprint density at radius 3 is 2.46 bits per heavy atom. The van der Waals surface area contributed by atoms with Crippen LogP contribution in [-0.4, -0.2) is 25.4 Å². The molecule has 0 radical (unpaired) electrons. The van der Waals surface area contributed by atoms with Gasteiger partial charge in [0.05, 0.1) is 6.10 Å². The van der Waals surface area contributed by atoms with Crippen LogP contribution >= 0.6 is 0 Å². The third-order valence-corrected chi connectivity index (χ3v) is 10.8. The van der Waals surface area contributed by atoms with Gasteiger partial charge < -0.3 is 15.5 Å². The van der Waals surface area contributed by atoms with Crippen molar-refractivity contribution >= 4 is 14.1 Å². The second kappa shape index (κ2) is 8.35. The maximum Gasteiger partial charge on any atom is 0.192 e. The first kappa shape index (κ1) is 21.0. The Balaban J connectivity index is 1.75. The summed E-state index contributed by atoms with van der Waals surface area (Å²) in [4.78, 5) is 4.23. The number of benzene rings is 1. The lowest BCUT2D eigenvalue weighted by Gasteiger charge is -2.41. The van der Waals surface area contributed by atoms with Crippen LogP contribution in [0.25, 0.3) is 0 Å². The molecule has 1 aromatic heterocycles. The summed E-state index contributed by atoms with van der Waals surface area (Å²) >= 11 is 0. The topological polar surface area (TPSA) is 60.2 Å². The number of rotatable bonds is 6. The molecule has 152 valence electrons. The highest BCUT2D eigenvalue weighted by Crippen LogP contribution is 2.41. The number of nitrogens with two attached hydrogens (primary N) is 1. The van der Waals surface area contributed by atoms with Crippen molar-refractivity contribution in [2.24, 2.45) is 0 Å². The highest BCUT2D eigenvalue weighted by molar-refractivity contribution is 6.74. The van der Waals surface area contributed by atoms with Crippen LogP contribution in [0.4, 0.5) is 5.82 Å². The average Bonchev–Trinajstić information content (AvgIpc) is 3.10. The van der Waals surface area contributed by atoms with E-state index in [-0.39, 0.29) is 11.1 Å². The van der Waals surface area contributed by atoms with E-state index >= 15 is 0 Å². The van der Waals surface area contributed by atoms with Gasteiger partial charge in [-0.05, 0) is 54.6 Å². The van der Waals surface area contributed by atoms with Crippen molar-refractivity contribution < 1.29 is 4.43 Å². The molecule has 1 aliphatic rings. The van der Waals surface area contributed by atoms with Crippen LogP contribution in [0.5, 0.6) is 0 Å². The largest absolute Gasteiger partial charge is 0.408 e. The van der Waals surface area contributed by atoms with Gasteiger partial charge in [-0.1, -0.05) is 57.2 Å². The van der Waals surface area contributed by atoms with Crippen LogP contribution in [0, 0.1) is 0 Å². The van der Waals surface area contributed by atoms with Crippen molar-refractivity contribution in [3.05, 3.63) is 59.8 Å². The fourth-order valence-corrected chi connectivity index (χ4v) is 4.90. The molecular weight excluding hydrogens is 362 g/mol. The van der Waals surface area contributed by atoms with Gasteiger partial charge in [-0.2, -0.15) is 0 Å². The lowest BCUT2D eigenvalue weighted by molar-refractivity contribution is 0.143. The number of nitrogen functional groups attached to an aromatic ring is 1. The van der Waals surface area contributed by atoms with Gasteiger partial charge in [-0.3, -0.25) is 0 Å². The fraction of sp³-hybridized carbons (Fsp3) is 0.522. The third-order valence-electron chi connectivity index (χ3n) is 6.33. The number of hydrogen-bond donors (Lipinski definition) is 2. The zero-order valence-corrected chi connectivity index (χ0v) is 18.9. The molecule has 4 nitrogen and oxygen atoms in total. The normalized spacial score (nSPS) is 21.6. The van der Waals surface area contributed by atoms with Gasteiger partial charge in [-0.15, -0.1) is 0 Å². The van der Waals surface area contributed by atoms with Crippen molar-refractivity contribution in [1.29, 1.82) is 0 Å². The van der Waals surface area contributed by atoms with Crippen LogP contribution in [0.3, 0.4) is 0 Å². The standard InChI is InChI=1S/C23H35N3OSi/c1-23(2,3)28(4,5)27-22(18-9-7-6-8-10-18)20-13-12-19(26-20)15-17-11-14-21(24)25-16-17/h6-11,14,16,19-20,22,26H,12-13,15H2,1-5H3,(H2,24,25)/t19-,20+,22+/m0/s1. The second-order valence-electron chi connectivity index (χ2n) is 9.55. The minimum atomic E-state index is -1.88. The first-order chi connectivity index (χ1) is 13.2. The van der Waals surface area contributed by atoms with E-state index in [1.54, 1.807) is 0 Å². The van der Waals surface area contributed by atoms with E-state index in [0.29, 0.717) is 17.9 Å². The van der Waals surface area contributed by atoms with Gasteiger partial charge in [0.1, 0.15) is 5.82 Å². The Morgan fingerprint density at radius 1 is 1.14 bits per heavy atom. The van der Waals surface area contributed by atoms with Gasteiger partial charge in [0, 0.05) is 18.3 Å². The average molecular weight is 398 g/mol. The highest BCUT2D eigenvalue weighted by atomic mass is 28.4. The van der Waals surface area contributed by atoms with E-state index in [2.05, 4.69) is 80.6 Å². The predicted octanol–water partition coefficient (Wildman–Crippen LogP) is 5.09. The molecule has 1 aliphatic heterocycles. The van der Waals surface area contributed by atoms with E-state index in [1.165, 1.54) is 11.1 Å². The van der Waals surface area contributed by atoms with Crippen LogP contribution < -0.4 is 11.1 Å². The summed E-state index contributed by atoms with van der Waals surface area (Å²) in [6.45, 7) is 11.6. The first-order valence-corrected chi connectivity index (χ1v) is 13.3. The molecule has 3 atom stereocenters. The molecule has 3 N–H and O–H groups in total. The van der Waals surface area contributed by atoms with Gasteiger partial charge in [0.15, 0.2) is 8.32 Å². The minimum absolute atomic E-state index is 0.0941. The zero-order valence-electron chi connectivity index (χ0n) is 17.9. The van der Waals surface area contributed by atoms with E-state index in [9.17, 15) is 0 Å². The molecule has 0 aliphatic carbocycles. The molecule has 1 fully saturated rings. The molecule has 0 saturated carbocycles. The van der Waals surface area contributed by atoms with Gasteiger partial charge in [0.2, 0.25) is 0 Å². The molecule has 0 bridgehead atoms. The second-order valence-corrected chi connectivity index (χ2v) is 14.3. The number of nitrogens with zero attached hydrogens (tertiary/aromatic N) is 1. The smallest absolute Gasteiger partial charge is 0.192 e. The molecule has 2 heterocycles. The SMILES string of the molecule is CC(C)(C)[Si](C)(C)O[C@H](c1ccccc1)[C@H]1CC[C@@H](Cc2ccc(N)nc2)N1. The molecule has 0 unspecified atom stereocenters. The van der Waals surface area contributed by atoms with Crippen molar-refractivity contribution in [3.63, 3.8) is 0 Å². The minimum Gasteiger partial charge on any atom is -0.408 e. The first-order valence-electron chi connectivity index (χ1n) is 10.3. The van der Waals surface area contributed by atoms with Crippen molar-refractivity contribution in [2.45, 2.75) is 76.4 Å². The van der Waals surface area contributed by atoms with Crippen molar-refractivity contribution in [3.8, 4) is 0 Å². The van der Waals surface area contributed by atoms with Crippen LogP contribution in [0.15, 0.2) is 48.7 Å². The maximum atomic E-state index is 6.93. The summed E-state index contributed by atoms with van der Waals surface area (Å²) in [5.74, 6) is 0.577. The Kier molecular flexibility index (Phi) is 6.27. The number of nitrogens with one attached hydrogen (secondary N) is 1. The number of anilines is 1. The van der Waals surface area contributed by atoms with Gasteiger partial charge in [-0.25, -0.2) is 4.98 Å². The predicted molar refractivity (Wildman–Crippen MR) is 120 cm³/mol. The fourth-order valence-electron chi connectivity index (χ4n) is 3.61. The lowest BCUT2D eigenvalue weighted by atomic mass is 10.0. The number of aromatic nitrogens is 1.